The summed E-state index contributed by atoms with van der Waals surface area (Å²) in [7, 11) is -2.13. The monoisotopic (exact) mass is 344 g/mol. The molecule has 0 aromatic carbocycles. The Morgan fingerprint density at radius 2 is 1.09 bits per heavy atom. The van der Waals surface area contributed by atoms with Crippen molar-refractivity contribution in [2.45, 2.75) is 78.1 Å². The van der Waals surface area contributed by atoms with Gasteiger partial charge in [0.2, 0.25) is 0 Å². The van der Waals surface area contributed by atoms with Crippen molar-refractivity contribution in [1.29, 1.82) is 0 Å². The van der Waals surface area contributed by atoms with Crippen molar-refractivity contribution in [3.63, 3.8) is 0 Å². The molecule has 128 valence electrons. The molecule has 23 heavy (non-hydrogen) atoms. The smallest absolute Gasteiger partial charge is 0.0483 e. The third-order valence-corrected chi connectivity index (χ3v) is 7.87. The zero-order valence-electron chi connectivity index (χ0n) is 16.6. The zero-order valence-corrected chi connectivity index (χ0v) is 18.6. The normalized spacial score (nSPS) is 19.5. The van der Waals surface area contributed by atoms with Crippen LogP contribution in [0.5, 0.6) is 0 Å². The Hall–Kier alpha value is -0.606. The van der Waals surface area contributed by atoms with Crippen molar-refractivity contribution in [2.24, 2.45) is 5.41 Å². The van der Waals surface area contributed by atoms with Gasteiger partial charge in [-0.25, -0.2) is 0 Å². The van der Waals surface area contributed by atoms with Crippen molar-refractivity contribution in [2.75, 3.05) is 0 Å². The van der Waals surface area contributed by atoms with E-state index in [9.17, 15) is 0 Å². The van der Waals surface area contributed by atoms with E-state index in [0.29, 0.717) is 0 Å². The Kier molecular flexibility index (Phi) is 5.18. The molecule has 0 radical (unpaired) electrons. The second-order valence-corrected chi connectivity index (χ2v) is 21.3. The predicted molar refractivity (Wildman–Crippen MR) is 112 cm³/mol. The lowest BCUT2D eigenvalue weighted by Crippen LogP contribution is -2.24. The van der Waals surface area contributed by atoms with Crippen LogP contribution in [-0.4, -0.2) is 16.1 Å². The lowest BCUT2D eigenvalue weighted by molar-refractivity contribution is 0.558. The maximum absolute atomic E-state index is 2.49. The largest absolute Gasteiger partial charge is 0.0802 e. The van der Waals surface area contributed by atoms with Crippen LogP contribution in [0.3, 0.4) is 0 Å². The fourth-order valence-corrected chi connectivity index (χ4v) is 7.38. The predicted octanol–water partition coefficient (Wildman–Crippen LogP) is 7.20. The van der Waals surface area contributed by atoms with Crippen molar-refractivity contribution in [1.82, 2.24) is 0 Å². The fourth-order valence-electron chi connectivity index (χ4n) is 4.15. The van der Waals surface area contributed by atoms with Crippen LogP contribution in [0.1, 0.15) is 26.7 Å². The molecule has 0 aromatic heterocycles. The van der Waals surface area contributed by atoms with Crippen molar-refractivity contribution >= 4 is 16.1 Å². The van der Waals surface area contributed by atoms with Crippen LogP contribution in [-0.2, 0) is 0 Å². The summed E-state index contributed by atoms with van der Waals surface area (Å²) in [6, 6.07) is 2.69. The Morgan fingerprint density at radius 1 is 0.739 bits per heavy atom. The van der Waals surface area contributed by atoms with Crippen molar-refractivity contribution in [3.8, 4) is 0 Å². The topological polar surface area (TPSA) is 0 Å². The maximum atomic E-state index is 2.49. The Morgan fingerprint density at radius 3 is 1.39 bits per heavy atom. The molecule has 0 spiro atoms. The molecule has 0 amide bonds. The summed E-state index contributed by atoms with van der Waals surface area (Å²) < 4.78 is 0. The molecule has 0 saturated heterocycles. The van der Waals surface area contributed by atoms with E-state index in [1.54, 1.807) is 22.3 Å². The second-order valence-electron chi connectivity index (χ2n) is 10.3. The summed E-state index contributed by atoms with van der Waals surface area (Å²) in [5.74, 6) is 0. The standard InChI is InChI=1S/C21H36Si2/c1-21(2,19-13-9-11-17(19)15-22(3,4)5)20-14-10-12-18(20)16-23(6,7)8/h9-10,13-14H,11-12,15-16H2,1-8H3. The maximum Gasteiger partial charge on any atom is 0.0483 e. The van der Waals surface area contributed by atoms with Crippen LogP contribution in [0, 0.1) is 5.41 Å². The summed E-state index contributed by atoms with van der Waals surface area (Å²) in [6.45, 7) is 19.9. The molecular weight excluding hydrogens is 308 g/mol. The summed E-state index contributed by atoms with van der Waals surface area (Å²) in [6.07, 6.45) is 12.0. The van der Waals surface area contributed by atoms with Crippen LogP contribution >= 0.6 is 0 Å². The van der Waals surface area contributed by atoms with Gasteiger partial charge in [0.15, 0.2) is 0 Å². The van der Waals surface area contributed by atoms with Gasteiger partial charge in [-0.15, -0.1) is 0 Å². The highest BCUT2D eigenvalue weighted by Crippen LogP contribution is 2.47. The van der Waals surface area contributed by atoms with E-state index in [1.165, 1.54) is 24.9 Å². The van der Waals surface area contributed by atoms with E-state index < -0.39 is 16.1 Å². The number of rotatable bonds is 6. The number of allylic oxidation sites excluding steroid dienone is 8. The quantitative estimate of drug-likeness (QED) is 0.447. The third kappa shape index (κ3) is 4.70. The van der Waals surface area contributed by atoms with Gasteiger partial charge in [0.05, 0.1) is 0 Å². The average Bonchev–Trinajstić information content (AvgIpc) is 2.94. The van der Waals surface area contributed by atoms with Crippen LogP contribution < -0.4 is 0 Å². The van der Waals surface area contributed by atoms with Gasteiger partial charge in [-0.3, -0.25) is 0 Å². The van der Waals surface area contributed by atoms with Gasteiger partial charge in [-0.05, 0) is 36.1 Å². The van der Waals surface area contributed by atoms with Gasteiger partial charge in [-0.1, -0.05) is 88.6 Å². The first-order valence-corrected chi connectivity index (χ1v) is 16.6. The molecular formula is C21H36Si2. The lowest BCUT2D eigenvalue weighted by Gasteiger charge is -2.32. The minimum absolute atomic E-state index is 0.171. The Bertz CT molecular complexity index is 532. The van der Waals surface area contributed by atoms with Gasteiger partial charge in [0.1, 0.15) is 0 Å². The summed E-state index contributed by atoms with van der Waals surface area (Å²) >= 11 is 0. The molecule has 0 aromatic rings. The SMILES string of the molecule is CC(C)(C1=C(C[Si](C)(C)C)CC=C1)C1=C(C[Si](C)(C)C)CC=C1. The number of hydrogen-bond acceptors (Lipinski definition) is 0. The van der Waals surface area contributed by atoms with E-state index in [2.05, 4.69) is 77.4 Å². The molecule has 0 atom stereocenters. The highest BCUT2D eigenvalue weighted by Gasteiger charge is 2.34. The van der Waals surface area contributed by atoms with Gasteiger partial charge in [0.25, 0.3) is 0 Å². The molecule has 2 aliphatic carbocycles. The summed E-state index contributed by atoms with van der Waals surface area (Å²) in [5.41, 5.74) is 6.84. The average molecular weight is 345 g/mol. The van der Waals surface area contributed by atoms with Crippen LogP contribution in [0.4, 0.5) is 0 Å². The minimum atomic E-state index is -1.06. The van der Waals surface area contributed by atoms with Gasteiger partial charge in [-0.2, -0.15) is 0 Å². The third-order valence-electron chi connectivity index (χ3n) is 4.89. The van der Waals surface area contributed by atoms with Crippen molar-refractivity contribution in [3.05, 3.63) is 46.6 Å². The highest BCUT2D eigenvalue weighted by atomic mass is 28.3. The molecule has 0 N–H and O–H groups in total. The van der Waals surface area contributed by atoms with E-state index >= 15 is 0 Å². The van der Waals surface area contributed by atoms with Gasteiger partial charge >= 0.3 is 0 Å². The molecule has 0 fully saturated rings. The van der Waals surface area contributed by atoms with Crippen LogP contribution in [0.15, 0.2) is 46.6 Å². The lowest BCUT2D eigenvalue weighted by atomic mass is 9.75. The molecule has 0 aliphatic heterocycles. The van der Waals surface area contributed by atoms with Crippen LogP contribution in [0.25, 0.3) is 0 Å². The molecule has 2 rings (SSSR count). The fraction of sp³-hybridized carbons (Fsp3) is 0.619. The Balaban J connectivity index is 2.39. The van der Waals surface area contributed by atoms with Crippen molar-refractivity contribution < 1.29 is 0 Å². The molecule has 2 aliphatic rings. The first-order chi connectivity index (χ1) is 10.4. The molecule has 0 unspecified atom stereocenters. The molecule has 0 heterocycles. The van der Waals surface area contributed by atoms with Gasteiger partial charge < -0.3 is 0 Å². The molecule has 0 bridgehead atoms. The van der Waals surface area contributed by atoms with E-state index in [0.717, 1.165) is 0 Å². The van der Waals surface area contributed by atoms with E-state index in [-0.39, 0.29) is 5.41 Å². The van der Waals surface area contributed by atoms with E-state index in [1.807, 2.05) is 0 Å². The molecule has 0 nitrogen and oxygen atoms in total. The first-order valence-electron chi connectivity index (χ1n) is 9.18. The first kappa shape index (κ1) is 18.7. The Labute approximate surface area is 146 Å². The van der Waals surface area contributed by atoms with Crippen LogP contribution in [0.2, 0.25) is 51.4 Å². The van der Waals surface area contributed by atoms with Gasteiger partial charge in [0, 0.05) is 21.6 Å². The summed E-state index contributed by atoms with van der Waals surface area (Å²) in [4.78, 5) is 0. The van der Waals surface area contributed by atoms with E-state index in [4.69, 9.17) is 0 Å². The zero-order chi connectivity index (χ0) is 17.5. The number of hydrogen-bond donors (Lipinski definition) is 0. The minimum Gasteiger partial charge on any atom is -0.0802 e. The summed E-state index contributed by atoms with van der Waals surface area (Å²) in [5, 5.41) is 0. The second kappa shape index (κ2) is 6.36. The molecule has 2 heteroatoms. The highest BCUT2D eigenvalue weighted by molar-refractivity contribution is 6.77. The molecule has 0 saturated carbocycles.